The summed E-state index contributed by atoms with van der Waals surface area (Å²) >= 11 is 0. The smallest absolute Gasteiger partial charge is 0.234 e. The van der Waals surface area contributed by atoms with E-state index in [-0.39, 0.29) is 12.4 Å². The highest BCUT2D eigenvalue weighted by Gasteiger charge is 2.21. The number of fused-ring (bicyclic) bond motifs is 1. The van der Waals surface area contributed by atoms with Crippen molar-refractivity contribution in [3.05, 3.63) is 42.1 Å². The van der Waals surface area contributed by atoms with E-state index in [0.717, 1.165) is 62.0 Å². The number of hydrogen-bond acceptors (Lipinski definition) is 8. The molecule has 2 aromatic heterocycles. The van der Waals surface area contributed by atoms with Crippen LogP contribution >= 0.6 is 0 Å². The Morgan fingerprint density at radius 2 is 1.88 bits per heavy atom. The topological polar surface area (TPSA) is 103 Å². The maximum atomic E-state index is 9.18. The van der Waals surface area contributed by atoms with Gasteiger partial charge in [0.15, 0.2) is 5.65 Å². The highest BCUT2D eigenvalue weighted by atomic mass is 16.5. The van der Waals surface area contributed by atoms with Gasteiger partial charge in [0.2, 0.25) is 5.82 Å². The number of nitriles is 1. The van der Waals surface area contributed by atoms with Crippen LogP contribution in [0.4, 0.5) is 5.69 Å². The number of nitrogens with zero attached hydrogens (tertiary/aromatic N) is 7. The Hall–Kier alpha value is -3.22. The first-order valence-corrected chi connectivity index (χ1v) is 11.0. The van der Waals surface area contributed by atoms with Gasteiger partial charge in [-0.3, -0.25) is 4.90 Å². The summed E-state index contributed by atoms with van der Waals surface area (Å²) in [4.78, 5) is 18.1. The normalized spacial score (nSPS) is 14.8. The van der Waals surface area contributed by atoms with Crippen molar-refractivity contribution in [2.45, 2.75) is 26.9 Å². The number of benzene rings is 1. The molecule has 1 saturated heterocycles. The molecule has 0 aliphatic carbocycles. The largest absolute Gasteiger partial charge is 0.491 e. The van der Waals surface area contributed by atoms with Crippen LogP contribution in [0.3, 0.4) is 0 Å². The van der Waals surface area contributed by atoms with Crippen LogP contribution in [0.15, 0.2) is 30.5 Å². The second-order valence-electron chi connectivity index (χ2n) is 8.38. The fraction of sp³-hybridized carbons (Fsp3) is 0.478. The van der Waals surface area contributed by atoms with Crippen LogP contribution in [-0.4, -0.2) is 68.9 Å². The third-order valence-electron chi connectivity index (χ3n) is 5.51. The quantitative estimate of drug-likeness (QED) is 0.573. The predicted octanol–water partition coefficient (Wildman–Crippen LogP) is 2.05. The van der Waals surface area contributed by atoms with Crippen LogP contribution in [0.25, 0.3) is 11.2 Å². The molecular weight excluding hydrogens is 406 g/mol. The maximum absolute atomic E-state index is 9.18. The third kappa shape index (κ3) is 4.98. The van der Waals surface area contributed by atoms with E-state index >= 15 is 0 Å². The fourth-order valence-electron chi connectivity index (χ4n) is 3.98. The minimum Gasteiger partial charge on any atom is -0.491 e. The molecule has 4 rings (SSSR count). The second kappa shape index (κ2) is 9.94. The van der Waals surface area contributed by atoms with Gasteiger partial charge < -0.3 is 19.3 Å². The lowest BCUT2D eigenvalue weighted by molar-refractivity contribution is 0.201. The number of aliphatic hydroxyl groups is 1. The molecule has 1 aliphatic heterocycles. The molecule has 1 N–H and O–H groups in total. The van der Waals surface area contributed by atoms with Gasteiger partial charge in [-0.25, -0.2) is 9.97 Å². The zero-order valence-corrected chi connectivity index (χ0v) is 18.6. The van der Waals surface area contributed by atoms with Gasteiger partial charge in [0.1, 0.15) is 29.8 Å². The first kappa shape index (κ1) is 22.0. The number of piperazine rings is 1. The van der Waals surface area contributed by atoms with Crippen molar-refractivity contribution in [3.63, 3.8) is 0 Å². The summed E-state index contributed by atoms with van der Waals surface area (Å²) < 4.78 is 7.58. The highest BCUT2D eigenvalue weighted by Crippen LogP contribution is 2.22. The molecule has 0 spiro atoms. The Morgan fingerprint density at radius 1 is 1.12 bits per heavy atom. The number of aliphatic hydroxyl groups excluding tert-OH is 1. The Labute approximate surface area is 187 Å². The molecule has 0 amide bonds. The first-order chi connectivity index (χ1) is 15.6. The third-order valence-corrected chi connectivity index (χ3v) is 5.51. The number of anilines is 1. The summed E-state index contributed by atoms with van der Waals surface area (Å²) in [6, 6.07) is 10.0. The van der Waals surface area contributed by atoms with Crippen molar-refractivity contribution in [1.82, 2.24) is 24.4 Å². The van der Waals surface area contributed by atoms with Gasteiger partial charge in [-0.2, -0.15) is 10.2 Å². The number of rotatable bonds is 8. The van der Waals surface area contributed by atoms with Gasteiger partial charge in [-0.1, -0.05) is 13.8 Å². The van der Waals surface area contributed by atoms with Crippen molar-refractivity contribution in [1.29, 1.82) is 5.26 Å². The molecule has 9 heteroatoms. The van der Waals surface area contributed by atoms with E-state index in [9.17, 15) is 5.26 Å². The molecule has 3 heterocycles. The second-order valence-corrected chi connectivity index (χ2v) is 8.38. The van der Waals surface area contributed by atoms with Crippen molar-refractivity contribution >= 4 is 16.9 Å². The van der Waals surface area contributed by atoms with Gasteiger partial charge in [-0.05, 0) is 30.2 Å². The number of imidazole rings is 1. The molecule has 0 atom stereocenters. The summed E-state index contributed by atoms with van der Waals surface area (Å²) in [5.74, 6) is 2.35. The summed E-state index contributed by atoms with van der Waals surface area (Å²) in [5, 5.41) is 18.1. The zero-order valence-electron chi connectivity index (χ0n) is 18.6. The number of aromatic nitrogens is 4. The van der Waals surface area contributed by atoms with E-state index in [1.54, 1.807) is 6.20 Å². The van der Waals surface area contributed by atoms with E-state index in [1.165, 1.54) is 5.69 Å². The van der Waals surface area contributed by atoms with Crippen molar-refractivity contribution in [3.8, 4) is 11.8 Å². The minimum absolute atomic E-state index is 0.0146. The highest BCUT2D eigenvalue weighted by molar-refractivity contribution is 5.70. The summed E-state index contributed by atoms with van der Waals surface area (Å²) in [5.41, 5.74) is 2.65. The van der Waals surface area contributed by atoms with Crippen LogP contribution in [-0.2, 0) is 13.1 Å². The molecule has 0 saturated carbocycles. The lowest BCUT2D eigenvalue weighted by atomic mass is 10.2. The predicted molar refractivity (Wildman–Crippen MR) is 121 cm³/mol. The Balaban J connectivity index is 1.43. The van der Waals surface area contributed by atoms with Crippen molar-refractivity contribution < 1.29 is 9.84 Å². The van der Waals surface area contributed by atoms with E-state index in [4.69, 9.17) is 14.8 Å². The zero-order chi connectivity index (χ0) is 22.5. The van der Waals surface area contributed by atoms with Crippen molar-refractivity contribution in [2.24, 2.45) is 5.92 Å². The van der Waals surface area contributed by atoms with Crippen LogP contribution < -0.4 is 9.64 Å². The standard InChI is InChI=1S/C23H29N7O2/c1-17(2)15-30-22(26-20-14-25-21(13-24)27-23(20)30)16-28-7-9-29(10-8-28)18-3-5-19(6-4-18)32-12-11-31/h3-6,14,17,31H,7-12,15-16H2,1-2H3. The Kier molecular flexibility index (Phi) is 6.83. The van der Waals surface area contributed by atoms with E-state index < -0.39 is 0 Å². The van der Waals surface area contributed by atoms with Gasteiger partial charge >= 0.3 is 0 Å². The van der Waals surface area contributed by atoms with Gasteiger partial charge in [0.25, 0.3) is 0 Å². The lowest BCUT2D eigenvalue weighted by Crippen LogP contribution is -2.46. The summed E-state index contributed by atoms with van der Waals surface area (Å²) in [6.07, 6.45) is 1.65. The molecule has 0 unspecified atom stereocenters. The van der Waals surface area contributed by atoms with E-state index in [1.807, 2.05) is 18.2 Å². The average Bonchev–Trinajstić information content (AvgIpc) is 3.14. The monoisotopic (exact) mass is 435 g/mol. The number of ether oxygens (including phenoxy) is 1. The molecule has 3 aromatic rings. The molecule has 168 valence electrons. The minimum atomic E-state index is 0.0146. The fourth-order valence-corrected chi connectivity index (χ4v) is 3.98. The van der Waals surface area contributed by atoms with Crippen LogP contribution in [0, 0.1) is 17.2 Å². The summed E-state index contributed by atoms with van der Waals surface area (Å²) in [7, 11) is 0. The molecule has 32 heavy (non-hydrogen) atoms. The SMILES string of the molecule is CC(C)Cn1c(CN2CCN(c3ccc(OCCO)cc3)CC2)nc2cnc(C#N)nc21. The van der Waals surface area contributed by atoms with Crippen LogP contribution in [0.5, 0.6) is 5.75 Å². The van der Waals surface area contributed by atoms with Crippen LogP contribution in [0.2, 0.25) is 0 Å². The molecule has 0 bridgehead atoms. The Bertz CT molecular complexity index is 1080. The van der Waals surface area contributed by atoms with Gasteiger partial charge in [-0.15, -0.1) is 0 Å². The van der Waals surface area contributed by atoms with Gasteiger partial charge in [0, 0.05) is 38.4 Å². The van der Waals surface area contributed by atoms with E-state index in [0.29, 0.717) is 12.5 Å². The van der Waals surface area contributed by atoms with E-state index in [2.05, 4.69) is 50.3 Å². The first-order valence-electron chi connectivity index (χ1n) is 11.0. The molecule has 1 fully saturated rings. The molecule has 1 aromatic carbocycles. The molecule has 0 radical (unpaired) electrons. The molecular formula is C23H29N7O2. The molecule has 1 aliphatic rings. The lowest BCUT2D eigenvalue weighted by Gasteiger charge is -2.36. The van der Waals surface area contributed by atoms with Crippen molar-refractivity contribution in [2.75, 3.05) is 44.3 Å². The Morgan fingerprint density at radius 3 is 2.53 bits per heavy atom. The summed E-state index contributed by atoms with van der Waals surface area (Å²) in [6.45, 7) is 9.93. The average molecular weight is 436 g/mol. The number of hydrogen-bond donors (Lipinski definition) is 1. The molecule has 9 nitrogen and oxygen atoms in total. The van der Waals surface area contributed by atoms with Crippen LogP contribution in [0.1, 0.15) is 25.5 Å². The van der Waals surface area contributed by atoms with Gasteiger partial charge in [0.05, 0.1) is 19.3 Å². The maximum Gasteiger partial charge on any atom is 0.234 e.